The first-order valence-corrected chi connectivity index (χ1v) is 7.58. The van der Waals surface area contributed by atoms with E-state index in [1.165, 1.54) is 0 Å². The van der Waals surface area contributed by atoms with Crippen molar-refractivity contribution < 1.29 is 9.53 Å². The van der Waals surface area contributed by atoms with Gasteiger partial charge >= 0.3 is 0 Å². The van der Waals surface area contributed by atoms with Crippen LogP contribution in [0.25, 0.3) is 0 Å². The number of rotatable bonds is 4. The Morgan fingerprint density at radius 2 is 1.89 bits per heavy atom. The minimum absolute atomic E-state index is 0.0797. The fourth-order valence-corrected chi connectivity index (χ4v) is 3.02. The van der Waals surface area contributed by atoms with E-state index in [0.29, 0.717) is 6.42 Å². The summed E-state index contributed by atoms with van der Waals surface area (Å²) in [5.41, 5.74) is -0.0797. The first kappa shape index (κ1) is 15.1. The summed E-state index contributed by atoms with van der Waals surface area (Å²) in [5, 5.41) is 3.27. The molecule has 0 aromatic carbocycles. The van der Waals surface area contributed by atoms with Crippen LogP contribution in [0.15, 0.2) is 0 Å². The average molecular weight is 287 g/mol. The molecule has 0 unspecified atom stereocenters. The molecule has 0 bridgehead atoms. The lowest BCUT2D eigenvalue weighted by Crippen LogP contribution is -2.60. The van der Waals surface area contributed by atoms with Crippen molar-refractivity contribution in [2.24, 2.45) is 0 Å². The first-order valence-electron chi connectivity index (χ1n) is 7.18. The normalized spacial score (nSPS) is 25.2. The number of hydrogen-bond acceptors (Lipinski definition) is 5. The van der Waals surface area contributed by atoms with Crippen molar-refractivity contribution in [2.75, 3.05) is 45.9 Å². The molecule has 0 atom stereocenters. The molecule has 6 heteroatoms. The zero-order valence-corrected chi connectivity index (χ0v) is 12.6. The Bertz CT molecular complexity index is 300. The van der Waals surface area contributed by atoms with Crippen LogP contribution in [0.3, 0.4) is 0 Å². The fraction of sp³-hybridized carbons (Fsp3) is 0.923. The van der Waals surface area contributed by atoms with Gasteiger partial charge < -0.3 is 10.1 Å². The zero-order valence-electron chi connectivity index (χ0n) is 11.7. The Balaban J connectivity index is 1.98. The standard InChI is InChI=1S/C13H25N3O2S/c1-2-12(17)14-13(3-5-16(19)6-4-13)11-15-7-9-18-10-8-15/h19H,2-11H2,1H3,(H,14,17). The smallest absolute Gasteiger partial charge is 0.220 e. The van der Waals surface area contributed by atoms with Gasteiger partial charge in [0.2, 0.25) is 5.91 Å². The van der Waals surface area contributed by atoms with Crippen LogP contribution in [0.4, 0.5) is 0 Å². The summed E-state index contributed by atoms with van der Waals surface area (Å²) >= 11 is 4.41. The van der Waals surface area contributed by atoms with Crippen LogP contribution in [0.5, 0.6) is 0 Å². The summed E-state index contributed by atoms with van der Waals surface area (Å²) in [5.74, 6) is 0.154. The molecule has 5 nitrogen and oxygen atoms in total. The lowest BCUT2D eigenvalue weighted by Gasteiger charge is -2.44. The predicted molar refractivity (Wildman–Crippen MR) is 78.2 cm³/mol. The Morgan fingerprint density at radius 1 is 1.26 bits per heavy atom. The van der Waals surface area contributed by atoms with E-state index < -0.39 is 0 Å². The minimum Gasteiger partial charge on any atom is -0.379 e. The molecule has 2 aliphatic rings. The highest BCUT2D eigenvalue weighted by molar-refractivity contribution is 7.77. The molecule has 0 aromatic rings. The summed E-state index contributed by atoms with van der Waals surface area (Å²) in [6, 6.07) is 0. The number of morpholine rings is 1. The Hall–Kier alpha value is -0.300. The number of carbonyl (C=O) groups excluding carboxylic acids is 1. The zero-order chi connectivity index (χ0) is 13.7. The predicted octanol–water partition coefficient (Wildman–Crippen LogP) is 0.524. The highest BCUT2D eigenvalue weighted by atomic mass is 32.1. The number of amides is 1. The number of carbonyl (C=O) groups is 1. The number of nitrogens with zero attached hydrogens (tertiary/aromatic N) is 2. The highest BCUT2D eigenvalue weighted by Crippen LogP contribution is 2.25. The maximum Gasteiger partial charge on any atom is 0.220 e. The van der Waals surface area contributed by atoms with Gasteiger partial charge in [-0.25, -0.2) is 0 Å². The topological polar surface area (TPSA) is 44.8 Å². The molecule has 2 saturated heterocycles. The molecular weight excluding hydrogens is 262 g/mol. The van der Waals surface area contributed by atoms with E-state index in [-0.39, 0.29) is 11.4 Å². The van der Waals surface area contributed by atoms with Gasteiger partial charge in [0, 0.05) is 39.1 Å². The molecule has 0 aliphatic carbocycles. The van der Waals surface area contributed by atoms with Gasteiger partial charge in [0.1, 0.15) is 0 Å². The van der Waals surface area contributed by atoms with Gasteiger partial charge in [-0.15, -0.1) is 0 Å². The van der Waals surface area contributed by atoms with Crippen molar-refractivity contribution in [2.45, 2.75) is 31.7 Å². The Kier molecular flexibility index (Phi) is 5.50. The van der Waals surface area contributed by atoms with Crippen molar-refractivity contribution in [1.29, 1.82) is 0 Å². The van der Waals surface area contributed by atoms with Gasteiger partial charge in [-0.3, -0.25) is 14.0 Å². The molecule has 0 saturated carbocycles. The summed E-state index contributed by atoms with van der Waals surface area (Å²) in [6.07, 6.45) is 2.49. The molecule has 0 spiro atoms. The van der Waals surface area contributed by atoms with Crippen molar-refractivity contribution in [3.63, 3.8) is 0 Å². The number of piperidine rings is 1. The van der Waals surface area contributed by atoms with Crippen LogP contribution in [-0.2, 0) is 9.53 Å². The van der Waals surface area contributed by atoms with Crippen LogP contribution < -0.4 is 5.32 Å². The van der Waals surface area contributed by atoms with E-state index in [1.54, 1.807) is 0 Å². The lowest BCUT2D eigenvalue weighted by atomic mass is 9.87. The Labute approximate surface area is 121 Å². The number of hydrogen-bond donors (Lipinski definition) is 2. The SMILES string of the molecule is CCC(=O)NC1(CN2CCOCC2)CCN(S)CC1. The maximum absolute atomic E-state index is 11.8. The summed E-state index contributed by atoms with van der Waals surface area (Å²) < 4.78 is 7.43. The van der Waals surface area contributed by atoms with E-state index in [2.05, 4.69) is 23.0 Å². The minimum atomic E-state index is -0.0797. The molecule has 2 aliphatic heterocycles. The van der Waals surface area contributed by atoms with E-state index in [0.717, 1.165) is 58.8 Å². The van der Waals surface area contributed by atoms with Gasteiger partial charge in [0.05, 0.1) is 18.8 Å². The number of ether oxygens (including phenoxy) is 1. The molecule has 110 valence electrons. The van der Waals surface area contributed by atoms with E-state index in [1.807, 2.05) is 11.2 Å². The fourth-order valence-electron chi connectivity index (χ4n) is 2.82. The second kappa shape index (κ2) is 6.92. The molecule has 0 aromatic heterocycles. The van der Waals surface area contributed by atoms with Gasteiger partial charge in [-0.1, -0.05) is 19.7 Å². The van der Waals surface area contributed by atoms with Gasteiger partial charge in [-0.2, -0.15) is 0 Å². The molecule has 19 heavy (non-hydrogen) atoms. The van der Waals surface area contributed by atoms with Crippen LogP contribution >= 0.6 is 12.8 Å². The third kappa shape index (κ3) is 4.34. The second-order valence-corrected chi connectivity index (χ2v) is 6.09. The molecular formula is C13H25N3O2S. The monoisotopic (exact) mass is 287 g/mol. The van der Waals surface area contributed by atoms with Crippen LogP contribution in [0.2, 0.25) is 0 Å². The molecule has 2 heterocycles. The summed E-state index contributed by atoms with van der Waals surface area (Å²) in [4.78, 5) is 14.2. The molecule has 2 rings (SSSR count). The summed E-state index contributed by atoms with van der Waals surface area (Å²) in [6.45, 7) is 8.24. The van der Waals surface area contributed by atoms with Gasteiger partial charge in [0.25, 0.3) is 0 Å². The highest BCUT2D eigenvalue weighted by Gasteiger charge is 2.37. The number of nitrogens with one attached hydrogen (secondary N) is 1. The lowest BCUT2D eigenvalue weighted by molar-refractivity contribution is -0.123. The summed E-state index contributed by atoms with van der Waals surface area (Å²) in [7, 11) is 0. The Morgan fingerprint density at radius 3 is 2.47 bits per heavy atom. The number of thiol groups is 1. The van der Waals surface area contributed by atoms with E-state index in [9.17, 15) is 4.79 Å². The average Bonchev–Trinajstić information content (AvgIpc) is 2.43. The maximum atomic E-state index is 11.8. The van der Waals surface area contributed by atoms with Crippen molar-refractivity contribution in [1.82, 2.24) is 14.5 Å². The molecule has 1 N–H and O–H groups in total. The third-order valence-electron chi connectivity index (χ3n) is 4.05. The van der Waals surface area contributed by atoms with Crippen molar-refractivity contribution >= 4 is 18.7 Å². The van der Waals surface area contributed by atoms with Crippen LogP contribution in [0.1, 0.15) is 26.2 Å². The van der Waals surface area contributed by atoms with E-state index >= 15 is 0 Å². The van der Waals surface area contributed by atoms with Crippen LogP contribution in [-0.4, -0.2) is 66.6 Å². The first-order chi connectivity index (χ1) is 9.13. The van der Waals surface area contributed by atoms with Crippen LogP contribution in [0, 0.1) is 0 Å². The quantitative estimate of drug-likeness (QED) is 0.740. The third-order valence-corrected chi connectivity index (χ3v) is 4.45. The largest absolute Gasteiger partial charge is 0.379 e. The second-order valence-electron chi connectivity index (χ2n) is 5.52. The van der Waals surface area contributed by atoms with E-state index in [4.69, 9.17) is 4.74 Å². The molecule has 0 radical (unpaired) electrons. The van der Waals surface area contributed by atoms with Crippen molar-refractivity contribution in [3.05, 3.63) is 0 Å². The van der Waals surface area contributed by atoms with Gasteiger partial charge in [0.15, 0.2) is 0 Å². The molecule has 2 fully saturated rings. The molecule has 1 amide bonds. The van der Waals surface area contributed by atoms with Gasteiger partial charge in [-0.05, 0) is 12.8 Å². The van der Waals surface area contributed by atoms with Crippen molar-refractivity contribution in [3.8, 4) is 0 Å².